The molecule has 1 aromatic carbocycles. The fourth-order valence-corrected chi connectivity index (χ4v) is 2.01. The molecule has 1 saturated heterocycles. The largest absolute Gasteiger partial charge is 0.593 e. The fourth-order valence-electron chi connectivity index (χ4n) is 2.01. The molecule has 0 aromatic heterocycles. The van der Waals surface area contributed by atoms with Gasteiger partial charge in [0, 0.05) is 5.69 Å². The minimum absolute atomic E-state index is 0.235. The Morgan fingerprint density at radius 3 is 2.31 bits per heavy atom. The van der Waals surface area contributed by atoms with E-state index in [1.807, 2.05) is 7.05 Å². The van der Waals surface area contributed by atoms with Crippen molar-refractivity contribution in [1.82, 2.24) is 0 Å². The summed E-state index contributed by atoms with van der Waals surface area (Å²) in [5.74, 6) is 0. The molecule has 1 aromatic rings. The monoisotopic (exact) mass is 219 g/mol. The molecule has 0 bridgehead atoms. The summed E-state index contributed by atoms with van der Waals surface area (Å²) in [4.78, 5) is 2.05. The van der Waals surface area contributed by atoms with E-state index in [0.29, 0.717) is 13.2 Å². The minimum atomic E-state index is -0.235. The number of hydrogen-bond donors (Lipinski definition) is 0. The Hall–Kier alpha value is -0.995. The van der Waals surface area contributed by atoms with Crippen molar-refractivity contribution in [3.05, 3.63) is 28.8 Å². The van der Waals surface area contributed by atoms with Crippen LogP contribution in [0.4, 0.5) is 5.69 Å². The third kappa shape index (κ3) is 1.95. The van der Waals surface area contributed by atoms with E-state index in [1.54, 1.807) is 0 Å². The highest BCUT2D eigenvalue weighted by molar-refractivity contribution is 6.50. The van der Waals surface area contributed by atoms with Gasteiger partial charge in [-0.1, -0.05) is 6.07 Å². The van der Waals surface area contributed by atoms with E-state index in [9.17, 15) is 0 Å². The van der Waals surface area contributed by atoms with Crippen molar-refractivity contribution in [2.24, 2.45) is 0 Å². The molecule has 0 radical (unpaired) electrons. The van der Waals surface area contributed by atoms with Crippen LogP contribution in [0.25, 0.3) is 0 Å². The van der Waals surface area contributed by atoms with Gasteiger partial charge in [-0.05, 0) is 50.6 Å². The molecular weight excluding hydrogens is 201 g/mol. The van der Waals surface area contributed by atoms with Crippen LogP contribution in [0, 0.1) is 20.8 Å². The lowest BCUT2D eigenvalue weighted by molar-refractivity contribution is 0.365. The van der Waals surface area contributed by atoms with Gasteiger partial charge in [0.1, 0.15) is 0 Å². The lowest BCUT2D eigenvalue weighted by atomic mass is 9.97. The normalized spacial score (nSPS) is 15.6. The third-order valence-corrected chi connectivity index (χ3v) is 3.33. The van der Waals surface area contributed by atoms with Gasteiger partial charge in [-0.25, -0.2) is 0 Å². The molecule has 1 fully saturated rings. The molecule has 0 aliphatic carbocycles. The summed E-state index contributed by atoms with van der Waals surface area (Å²) in [5, 5.41) is 0. The number of nitrogens with zero attached hydrogens (tertiary/aromatic N) is 1. The van der Waals surface area contributed by atoms with Gasteiger partial charge in [0.25, 0.3) is 0 Å². The zero-order valence-corrected chi connectivity index (χ0v) is 10.4. The molecular formula is C12H18BNO2. The van der Waals surface area contributed by atoms with Crippen molar-refractivity contribution < 1.29 is 9.31 Å². The second-order valence-corrected chi connectivity index (χ2v) is 4.31. The molecule has 0 amide bonds. The Balaban J connectivity index is 2.29. The van der Waals surface area contributed by atoms with Crippen LogP contribution in [0.3, 0.4) is 0 Å². The van der Waals surface area contributed by atoms with Gasteiger partial charge < -0.3 is 14.1 Å². The summed E-state index contributed by atoms with van der Waals surface area (Å²) in [6.07, 6.45) is 0. The number of benzene rings is 1. The van der Waals surface area contributed by atoms with Crippen molar-refractivity contribution in [2.45, 2.75) is 20.8 Å². The Morgan fingerprint density at radius 2 is 1.69 bits per heavy atom. The maximum Gasteiger partial charge on any atom is 0.593 e. The van der Waals surface area contributed by atoms with Gasteiger partial charge in [-0.3, -0.25) is 0 Å². The highest BCUT2D eigenvalue weighted by atomic mass is 16.6. The molecule has 0 spiro atoms. The van der Waals surface area contributed by atoms with Gasteiger partial charge in [0.05, 0.1) is 13.2 Å². The lowest BCUT2D eigenvalue weighted by Gasteiger charge is -2.24. The van der Waals surface area contributed by atoms with Crippen LogP contribution in [0.1, 0.15) is 16.7 Å². The van der Waals surface area contributed by atoms with Gasteiger partial charge in [0.15, 0.2) is 0 Å². The van der Waals surface area contributed by atoms with Crippen molar-refractivity contribution in [1.29, 1.82) is 0 Å². The van der Waals surface area contributed by atoms with Crippen molar-refractivity contribution in [3.63, 3.8) is 0 Å². The quantitative estimate of drug-likeness (QED) is 0.711. The molecule has 0 saturated carbocycles. The molecule has 1 heterocycles. The van der Waals surface area contributed by atoms with Crippen LogP contribution in [0.5, 0.6) is 0 Å². The summed E-state index contributed by atoms with van der Waals surface area (Å²) >= 11 is 0. The van der Waals surface area contributed by atoms with E-state index in [0.717, 1.165) is 0 Å². The number of rotatable bonds is 2. The van der Waals surface area contributed by atoms with Gasteiger partial charge in [-0.2, -0.15) is 0 Å². The SMILES string of the molecule is Cc1ccc(N(C)B2OCCO2)c(C)c1C. The summed E-state index contributed by atoms with van der Waals surface area (Å²) < 4.78 is 11.0. The first-order valence-corrected chi connectivity index (χ1v) is 5.64. The second kappa shape index (κ2) is 4.48. The van der Waals surface area contributed by atoms with Gasteiger partial charge >= 0.3 is 7.25 Å². The topological polar surface area (TPSA) is 21.7 Å². The highest BCUT2D eigenvalue weighted by Crippen LogP contribution is 2.26. The van der Waals surface area contributed by atoms with Gasteiger partial charge in [-0.15, -0.1) is 0 Å². The van der Waals surface area contributed by atoms with Crippen LogP contribution in [-0.2, 0) is 9.31 Å². The molecule has 3 nitrogen and oxygen atoms in total. The van der Waals surface area contributed by atoms with E-state index in [2.05, 4.69) is 37.7 Å². The summed E-state index contributed by atoms with van der Waals surface area (Å²) in [6.45, 7) is 7.79. The summed E-state index contributed by atoms with van der Waals surface area (Å²) in [6, 6.07) is 4.27. The van der Waals surface area contributed by atoms with E-state index < -0.39 is 0 Å². The average Bonchev–Trinajstić information content (AvgIpc) is 2.79. The Kier molecular flexibility index (Phi) is 3.21. The zero-order valence-electron chi connectivity index (χ0n) is 10.4. The van der Waals surface area contributed by atoms with Crippen LogP contribution >= 0.6 is 0 Å². The first kappa shape index (κ1) is 11.5. The first-order chi connectivity index (χ1) is 7.61. The second-order valence-electron chi connectivity index (χ2n) is 4.31. The van der Waals surface area contributed by atoms with Crippen molar-refractivity contribution in [2.75, 3.05) is 25.1 Å². The molecule has 1 aliphatic rings. The predicted molar refractivity (Wildman–Crippen MR) is 66.7 cm³/mol. The van der Waals surface area contributed by atoms with Gasteiger partial charge in [0.2, 0.25) is 0 Å². The van der Waals surface area contributed by atoms with Crippen LogP contribution in [0.2, 0.25) is 0 Å². The standard InChI is InChI=1S/C12H18BNO2/c1-9-5-6-12(11(3)10(9)2)14(4)13-15-7-8-16-13/h5-6H,7-8H2,1-4H3. The van der Waals surface area contributed by atoms with E-state index in [-0.39, 0.29) is 7.25 Å². The average molecular weight is 219 g/mol. The van der Waals surface area contributed by atoms with Crippen LogP contribution < -0.4 is 4.81 Å². The number of hydrogen-bond acceptors (Lipinski definition) is 3. The molecule has 86 valence electrons. The van der Waals surface area contributed by atoms with Crippen molar-refractivity contribution in [3.8, 4) is 0 Å². The lowest BCUT2D eigenvalue weighted by Crippen LogP contribution is -2.38. The number of aryl methyl sites for hydroxylation is 1. The minimum Gasteiger partial charge on any atom is -0.389 e. The van der Waals surface area contributed by atoms with Crippen molar-refractivity contribution >= 4 is 12.9 Å². The third-order valence-electron chi connectivity index (χ3n) is 3.33. The summed E-state index contributed by atoms with van der Waals surface area (Å²) in [5.41, 5.74) is 5.13. The van der Waals surface area contributed by atoms with Crippen LogP contribution in [0.15, 0.2) is 12.1 Å². The molecule has 0 N–H and O–H groups in total. The molecule has 16 heavy (non-hydrogen) atoms. The zero-order chi connectivity index (χ0) is 11.7. The van der Waals surface area contributed by atoms with E-state index >= 15 is 0 Å². The Labute approximate surface area is 97.5 Å². The highest BCUT2D eigenvalue weighted by Gasteiger charge is 2.31. The van der Waals surface area contributed by atoms with E-state index in [1.165, 1.54) is 22.4 Å². The molecule has 0 atom stereocenters. The Morgan fingerprint density at radius 1 is 1.06 bits per heavy atom. The van der Waals surface area contributed by atoms with Crippen LogP contribution in [-0.4, -0.2) is 27.5 Å². The molecule has 1 aliphatic heterocycles. The molecule has 4 heteroatoms. The Bertz CT molecular complexity index is 389. The summed E-state index contributed by atoms with van der Waals surface area (Å²) in [7, 11) is 1.77. The maximum atomic E-state index is 5.50. The molecule has 2 rings (SSSR count). The van der Waals surface area contributed by atoms with E-state index in [4.69, 9.17) is 9.31 Å². The smallest absolute Gasteiger partial charge is 0.389 e. The number of anilines is 1. The maximum absolute atomic E-state index is 5.50. The fraction of sp³-hybridized carbons (Fsp3) is 0.500. The molecule has 0 unspecified atom stereocenters. The first-order valence-electron chi connectivity index (χ1n) is 5.64. The predicted octanol–water partition coefficient (Wildman–Crippen LogP) is 2.08.